The minimum atomic E-state index is 0.493. The van der Waals surface area contributed by atoms with Crippen molar-refractivity contribution in [2.75, 3.05) is 5.73 Å². The molecule has 0 bridgehead atoms. The number of hydrogen-bond acceptors (Lipinski definition) is 4. The zero-order valence-electron chi connectivity index (χ0n) is 10.0. The van der Waals surface area contributed by atoms with E-state index in [9.17, 15) is 0 Å². The lowest BCUT2D eigenvalue weighted by Crippen LogP contribution is -2.03. The maximum atomic E-state index is 5.95. The van der Waals surface area contributed by atoms with Crippen LogP contribution >= 0.6 is 15.9 Å². The number of anilines is 1. The molecule has 0 aromatic carbocycles. The fraction of sp³-hybridized carbons (Fsp3) is 0.308. The van der Waals surface area contributed by atoms with Crippen LogP contribution in [0.1, 0.15) is 30.0 Å². The Balaban J connectivity index is 2.16. The average molecular weight is 305 g/mol. The molecule has 1 aliphatic carbocycles. The molecular formula is C13H13BrN4. The molecule has 0 atom stereocenters. The van der Waals surface area contributed by atoms with Gasteiger partial charge in [0.25, 0.3) is 0 Å². The molecule has 0 spiro atoms. The van der Waals surface area contributed by atoms with Crippen molar-refractivity contribution in [3.63, 3.8) is 0 Å². The van der Waals surface area contributed by atoms with Gasteiger partial charge in [-0.1, -0.05) is 6.07 Å². The molecule has 5 heteroatoms. The van der Waals surface area contributed by atoms with E-state index in [0.717, 1.165) is 21.4 Å². The first-order valence-electron chi connectivity index (χ1n) is 5.91. The summed E-state index contributed by atoms with van der Waals surface area (Å²) < 4.78 is 0.835. The third kappa shape index (κ3) is 1.99. The zero-order chi connectivity index (χ0) is 12.7. The molecule has 0 radical (unpaired) electrons. The summed E-state index contributed by atoms with van der Waals surface area (Å²) in [6.45, 7) is 2.00. The molecule has 92 valence electrons. The monoisotopic (exact) mass is 304 g/mol. The second kappa shape index (κ2) is 4.31. The lowest BCUT2D eigenvalue weighted by Gasteiger charge is -2.09. The molecule has 4 nitrogen and oxygen atoms in total. The van der Waals surface area contributed by atoms with Gasteiger partial charge in [0.05, 0.1) is 10.2 Å². The maximum Gasteiger partial charge on any atom is 0.180 e. The Morgan fingerprint density at radius 1 is 1.33 bits per heavy atom. The van der Waals surface area contributed by atoms with Gasteiger partial charge in [0.1, 0.15) is 11.5 Å². The second-order valence-electron chi connectivity index (χ2n) is 4.57. The van der Waals surface area contributed by atoms with Crippen LogP contribution in [0.25, 0.3) is 11.5 Å². The molecular weight excluding hydrogens is 292 g/mol. The van der Waals surface area contributed by atoms with E-state index in [1.807, 2.05) is 19.1 Å². The number of nitrogens with two attached hydrogens (primary N) is 1. The third-order valence-electron chi connectivity index (χ3n) is 3.09. The number of aromatic nitrogens is 3. The van der Waals surface area contributed by atoms with E-state index < -0.39 is 0 Å². The Hall–Kier alpha value is -1.49. The van der Waals surface area contributed by atoms with E-state index in [2.05, 4.69) is 30.9 Å². The highest BCUT2D eigenvalue weighted by molar-refractivity contribution is 9.10. The van der Waals surface area contributed by atoms with E-state index in [1.165, 1.54) is 12.8 Å². The second-order valence-corrected chi connectivity index (χ2v) is 5.37. The highest BCUT2D eigenvalue weighted by Gasteiger charge is 2.29. The van der Waals surface area contributed by atoms with Crippen molar-refractivity contribution in [1.82, 2.24) is 15.0 Å². The summed E-state index contributed by atoms with van der Waals surface area (Å²) in [4.78, 5) is 13.3. The predicted octanol–water partition coefficient (Wildman–Crippen LogP) is 3.07. The van der Waals surface area contributed by atoms with Crippen molar-refractivity contribution in [3.05, 3.63) is 34.1 Å². The normalized spacial score (nSPS) is 14.8. The van der Waals surface area contributed by atoms with Crippen LogP contribution in [0, 0.1) is 6.92 Å². The average Bonchev–Trinajstić information content (AvgIpc) is 3.17. The van der Waals surface area contributed by atoms with Gasteiger partial charge in [-0.25, -0.2) is 9.97 Å². The van der Waals surface area contributed by atoms with Crippen LogP contribution in [0.3, 0.4) is 0 Å². The smallest absolute Gasteiger partial charge is 0.180 e. The van der Waals surface area contributed by atoms with Gasteiger partial charge in [0.2, 0.25) is 0 Å². The summed E-state index contributed by atoms with van der Waals surface area (Å²) in [7, 11) is 0. The molecule has 0 amide bonds. The van der Waals surface area contributed by atoms with Crippen molar-refractivity contribution in [1.29, 1.82) is 0 Å². The van der Waals surface area contributed by atoms with Gasteiger partial charge in [0, 0.05) is 12.1 Å². The number of rotatable bonds is 2. The Bertz CT molecular complexity index is 608. The van der Waals surface area contributed by atoms with Crippen LogP contribution in [0.5, 0.6) is 0 Å². The van der Waals surface area contributed by atoms with Gasteiger partial charge in [-0.05, 0) is 47.3 Å². The van der Waals surface area contributed by atoms with Crippen LogP contribution in [0.15, 0.2) is 22.8 Å². The zero-order valence-corrected chi connectivity index (χ0v) is 11.6. The van der Waals surface area contributed by atoms with Crippen molar-refractivity contribution in [2.45, 2.75) is 25.7 Å². The molecule has 18 heavy (non-hydrogen) atoms. The minimum Gasteiger partial charge on any atom is -0.383 e. The maximum absolute atomic E-state index is 5.95. The number of pyridine rings is 1. The van der Waals surface area contributed by atoms with Gasteiger partial charge in [-0.2, -0.15) is 0 Å². The third-order valence-corrected chi connectivity index (χ3v) is 3.90. The van der Waals surface area contributed by atoms with E-state index >= 15 is 0 Å². The molecule has 0 saturated heterocycles. The largest absolute Gasteiger partial charge is 0.383 e. The first-order chi connectivity index (χ1) is 8.66. The van der Waals surface area contributed by atoms with Crippen molar-refractivity contribution < 1.29 is 0 Å². The fourth-order valence-electron chi connectivity index (χ4n) is 1.94. The Kier molecular flexibility index (Phi) is 2.78. The van der Waals surface area contributed by atoms with Gasteiger partial charge >= 0.3 is 0 Å². The van der Waals surface area contributed by atoms with E-state index in [0.29, 0.717) is 17.6 Å². The standard InChI is InChI=1S/C13H13BrN4/c1-7-3-2-6-16-10(7)13-17-11(8-4-5-8)9(14)12(15)18-13/h2-3,6,8H,4-5H2,1H3,(H2,15,17,18). The molecule has 3 rings (SSSR count). The van der Waals surface area contributed by atoms with Crippen LogP contribution in [-0.4, -0.2) is 15.0 Å². The van der Waals surface area contributed by atoms with Crippen molar-refractivity contribution >= 4 is 21.7 Å². The first kappa shape index (κ1) is 11.6. The topological polar surface area (TPSA) is 64.7 Å². The Morgan fingerprint density at radius 3 is 2.78 bits per heavy atom. The summed E-state index contributed by atoms with van der Waals surface area (Å²) >= 11 is 3.48. The van der Waals surface area contributed by atoms with E-state index in [4.69, 9.17) is 5.73 Å². The molecule has 1 fully saturated rings. The van der Waals surface area contributed by atoms with Gasteiger partial charge in [-0.3, -0.25) is 4.98 Å². The number of nitrogen functional groups attached to an aromatic ring is 1. The van der Waals surface area contributed by atoms with Gasteiger partial charge < -0.3 is 5.73 Å². The van der Waals surface area contributed by atoms with Crippen LogP contribution in [0.4, 0.5) is 5.82 Å². The minimum absolute atomic E-state index is 0.493. The lowest BCUT2D eigenvalue weighted by atomic mass is 10.2. The van der Waals surface area contributed by atoms with E-state index in [1.54, 1.807) is 6.20 Å². The predicted molar refractivity (Wildman–Crippen MR) is 74.1 cm³/mol. The summed E-state index contributed by atoms with van der Waals surface area (Å²) in [5, 5.41) is 0. The quantitative estimate of drug-likeness (QED) is 0.926. The number of halogens is 1. The SMILES string of the molecule is Cc1cccnc1-c1nc(N)c(Br)c(C2CC2)n1. The van der Waals surface area contributed by atoms with Crippen LogP contribution in [0.2, 0.25) is 0 Å². The first-order valence-corrected chi connectivity index (χ1v) is 6.71. The van der Waals surface area contributed by atoms with E-state index in [-0.39, 0.29) is 0 Å². The molecule has 0 aliphatic heterocycles. The Morgan fingerprint density at radius 2 is 2.11 bits per heavy atom. The number of hydrogen-bond donors (Lipinski definition) is 1. The molecule has 2 heterocycles. The van der Waals surface area contributed by atoms with Gasteiger partial charge in [0.15, 0.2) is 5.82 Å². The van der Waals surface area contributed by atoms with Crippen molar-refractivity contribution in [3.8, 4) is 11.5 Å². The highest BCUT2D eigenvalue weighted by atomic mass is 79.9. The molecule has 1 saturated carbocycles. The summed E-state index contributed by atoms with van der Waals surface area (Å²) in [5.41, 5.74) is 8.83. The van der Waals surface area contributed by atoms with Crippen LogP contribution in [-0.2, 0) is 0 Å². The molecule has 1 aliphatic rings. The lowest BCUT2D eigenvalue weighted by molar-refractivity contribution is 0.976. The number of nitrogens with zero attached hydrogens (tertiary/aromatic N) is 3. The fourth-order valence-corrected chi connectivity index (χ4v) is 2.44. The molecule has 0 unspecified atom stereocenters. The number of aryl methyl sites for hydroxylation is 1. The van der Waals surface area contributed by atoms with Crippen molar-refractivity contribution in [2.24, 2.45) is 0 Å². The Labute approximate surface area is 114 Å². The molecule has 2 aromatic heterocycles. The summed E-state index contributed by atoms with van der Waals surface area (Å²) in [5.74, 6) is 1.63. The molecule has 2 aromatic rings. The molecule has 2 N–H and O–H groups in total. The van der Waals surface area contributed by atoms with Gasteiger partial charge in [-0.15, -0.1) is 0 Å². The summed E-state index contributed by atoms with van der Waals surface area (Å²) in [6, 6.07) is 3.91. The van der Waals surface area contributed by atoms with Crippen LogP contribution < -0.4 is 5.73 Å². The summed E-state index contributed by atoms with van der Waals surface area (Å²) in [6.07, 6.45) is 4.10. The highest BCUT2D eigenvalue weighted by Crippen LogP contribution is 2.43.